The molecule has 1 rings (SSSR count). The summed E-state index contributed by atoms with van der Waals surface area (Å²) in [5, 5.41) is -0.316. The number of halogens is 4. The molecule has 0 radical (unpaired) electrons. The summed E-state index contributed by atoms with van der Waals surface area (Å²) in [7, 11) is 0. The molecular formula is C5H4ClF3N2. The number of hydrogen-bond donors (Lipinski definition) is 0. The summed E-state index contributed by atoms with van der Waals surface area (Å²) < 4.78 is 35.6. The molecule has 0 bridgehead atoms. The number of hydrogen-bond acceptors (Lipinski definition) is 2. The molecule has 0 aromatic carbocycles. The molecule has 0 amide bonds. The number of aliphatic imine (C=N–C) groups is 2. The van der Waals surface area contributed by atoms with Gasteiger partial charge in [-0.25, -0.2) is 4.99 Å². The van der Waals surface area contributed by atoms with Crippen LogP contribution in [-0.4, -0.2) is 23.7 Å². The van der Waals surface area contributed by atoms with E-state index in [2.05, 4.69) is 9.98 Å². The zero-order valence-corrected chi connectivity index (χ0v) is 6.08. The lowest BCUT2D eigenvalue weighted by molar-refractivity contribution is -0.0603. The van der Waals surface area contributed by atoms with Gasteiger partial charge in [-0.3, -0.25) is 4.99 Å². The molecule has 1 aliphatic heterocycles. The monoisotopic (exact) mass is 184 g/mol. The van der Waals surface area contributed by atoms with Crippen molar-refractivity contribution in [2.24, 2.45) is 9.98 Å². The van der Waals surface area contributed by atoms with Crippen LogP contribution in [0.25, 0.3) is 0 Å². The van der Waals surface area contributed by atoms with Crippen molar-refractivity contribution in [1.82, 2.24) is 0 Å². The summed E-state index contributed by atoms with van der Waals surface area (Å²) >= 11 is 5.18. The first kappa shape index (κ1) is 8.52. The fraction of sp³-hybridized carbons (Fsp3) is 0.600. The zero-order valence-electron chi connectivity index (χ0n) is 5.32. The number of nitrogens with zero attached hydrogens (tertiary/aromatic N) is 2. The van der Waals surface area contributed by atoms with Crippen molar-refractivity contribution in [1.29, 1.82) is 0 Å². The van der Waals surface area contributed by atoms with Crippen LogP contribution >= 0.6 is 11.6 Å². The van der Waals surface area contributed by atoms with Gasteiger partial charge in [0.2, 0.25) is 5.29 Å². The van der Waals surface area contributed by atoms with Gasteiger partial charge in [-0.15, -0.1) is 0 Å². The molecule has 62 valence electrons. The highest BCUT2D eigenvalue weighted by Gasteiger charge is 2.36. The maximum absolute atomic E-state index is 11.9. The van der Waals surface area contributed by atoms with E-state index in [1.54, 1.807) is 0 Å². The molecule has 0 spiro atoms. The Morgan fingerprint density at radius 1 is 1.36 bits per heavy atom. The molecule has 1 aliphatic rings. The Labute approximate surface area is 65.8 Å². The van der Waals surface area contributed by atoms with Crippen LogP contribution in [0.5, 0.6) is 0 Å². The van der Waals surface area contributed by atoms with Crippen LogP contribution in [0.1, 0.15) is 6.42 Å². The van der Waals surface area contributed by atoms with Crippen molar-refractivity contribution >= 4 is 22.6 Å². The standard InChI is InChI=1S/C5H4ClF3N2/c6-4-10-2-1-3(11-4)5(7,8)9/h1-2H2. The third kappa shape index (κ3) is 2.18. The van der Waals surface area contributed by atoms with E-state index in [9.17, 15) is 13.2 Å². The topological polar surface area (TPSA) is 24.7 Å². The summed E-state index contributed by atoms with van der Waals surface area (Å²) in [6.07, 6.45) is -4.55. The minimum absolute atomic E-state index is 0.0666. The van der Waals surface area contributed by atoms with Gasteiger partial charge < -0.3 is 0 Å². The van der Waals surface area contributed by atoms with Gasteiger partial charge in [-0.05, 0) is 11.6 Å². The van der Waals surface area contributed by atoms with Crippen LogP contribution in [0, 0.1) is 0 Å². The third-order valence-electron chi connectivity index (χ3n) is 1.15. The molecule has 0 saturated carbocycles. The Morgan fingerprint density at radius 2 is 2.00 bits per heavy atom. The second-order valence-electron chi connectivity index (χ2n) is 1.96. The van der Waals surface area contributed by atoms with E-state index in [0.29, 0.717) is 0 Å². The van der Waals surface area contributed by atoms with Crippen LogP contribution in [0.3, 0.4) is 0 Å². The molecule has 0 aliphatic carbocycles. The lowest BCUT2D eigenvalue weighted by Gasteiger charge is -2.11. The Balaban J connectivity index is 2.82. The van der Waals surface area contributed by atoms with Gasteiger partial charge in [0, 0.05) is 13.0 Å². The van der Waals surface area contributed by atoms with E-state index in [-0.39, 0.29) is 18.3 Å². The van der Waals surface area contributed by atoms with Crippen LogP contribution in [-0.2, 0) is 0 Å². The third-order valence-corrected chi connectivity index (χ3v) is 1.35. The Morgan fingerprint density at radius 3 is 2.36 bits per heavy atom. The average Bonchev–Trinajstić information content (AvgIpc) is 1.86. The Bertz CT molecular complexity index is 218. The molecule has 2 nitrogen and oxygen atoms in total. The first-order valence-corrected chi connectivity index (χ1v) is 3.22. The van der Waals surface area contributed by atoms with Gasteiger partial charge in [0.05, 0.1) is 0 Å². The van der Waals surface area contributed by atoms with Crippen molar-refractivity contribution in [2.45, 2.75) is 12.6 Å². The second-order valence-corrected chi connectivity index (χ2v) is 2.30. The summed E-state index contributed by atoms with van der Waals surface area (Å²) in [5.41, 5.74) is -0.850. The molecule has 0 N–H and O–H groups in total. The van der Waals surface area contributed by atoms with E-state index < -0.39 is 11.9 Å². The average molecular weight is 185 g/mol. The number of amidine groups is 1. The van der Waals surface area contributed by atoms with E-state index >= 15 is 0 Å². The lowest BCUT2D eigenvalue weighted by Crippen LogP contribution is -2.26. The summed E-state index contributed by atoms with van der Waals surface area (Å²) in [6, 6.07) is 0. The SMILES string of the molecule is FC(F)(F)C1=NC(Cl)=NCC1. The molecule has 6 heteroatoms. The minimum Gasteiger partial charge on any atom is -0.256 e. The van der Waals surface area contributed by atoms with Gasteiger partial charge in [-0.1, -0.05) is 0 Å². The highest BCUT2D eigenvalue weighted by Crippen LogP contribution is 2.21. The van der Waals surface area contributed by atoms with Crippen molar-refractivity contribution in [3.63, 3.8) is 0 Å². The summed E-state index contributed by atoms with van der Waals surface area (Å²) in [5.74, 6) is 0. The second kappa shape index (κ2) is 2.81. The molecule has 0 fully saturated rings. The van der Waals surface area contributed by atoms with Crippen molar-refractivity contribution in [3.8, 4) is 0 Å². The summed E-state index contributed by atoms with van der Waals surface area (Å²) in [6.45, 7) is 0.0666. The van der Waals surface area contributed by atoms with Crippen molar-refractivity contribution < 1.29 is 13.2 Å². The van der Waals surface area contributed by atoms with Gasteiger partial charge in [-0.2, -0.15) is 13.2 Å². The molecule has 1 heterocycles. The van der Waals surface area contributed by atoms with Gasteiger partial charge in [0.25, 0.3) is 0 Å². The molecule has 11 heavy (non-hydrogen) atoms. The fourth-order valence-electron chi connectivity index (χ4n) is 0.662. The molecular weight excluding hydrogens is 181 g/mol. The molecule has 0 unspecified atom stereocenters. The normalized spacial score (nSPS) is 19.3. The van der Waals surface area contributed by atoms with Gasteiger partial charge in [0.15, 0.2) is 0 Å². The molecule has 0 saturated heterocycles. The quantitative estimate of drug-likeness (QED) is 0.515. The Kier molecular flexibility index (Phi) is 2.17. The minimum atomic E-state index is -4.37. The fourth-order valence-corrected chi connectivity index (χ4v) is 0.848. The maximum Gasteiger partial charge on any atom is 0.429 e. The predicted molar refractivity (Wildman–Crippen MR) is 36.3 cm³/mol. The van der Waals surface area contributed by atoms with Crippen LogP contribution in [0.15, 0.2) is 9.98 Å². The van der Waals surface area contributed by atoms with Gasteiger partial charge in [0.1, 0.15) is 5.71 Å². The van der Waals surface area contributed by atoms with Crippen LogP contribution < -0.4 is 0 Å². The Hall–Kier alpha value is -0.580. The number of rotatable bonds is 0. The largest absolute Gasteiger partial charge is 0.429 e. The van der Waals surface area contributed by atoms with Crippen LogP contribution in [0.4, 0.5) is 13.2 Å². The predicted octanol–water partition coefficient (Wildman–Crippen LogP) is 1.99. The number of alkyl halides is 3. The first-order valence-electron chi connectivity index (χ1n) is 2.85. The van der Waals surface area contributed by atoms with Crippen molar-refractivity contribution in [3.05, 3.63) is 0 Å². The molecule has 0 aromatic heterocycles. The lowest BCUT2D eigenvalue weighted by atomic mass is 10.2. The van der Waals surface area contributed by atoms with Crippen molar-refractivity contribution in [2.75, 3.05) is 6.54 Å². The first-order chi connectivity index (χ1) is 5.00. The highest BCUT2D eigenvalue weighted by atomic mass is 35.5. The van der Waals surface area contributed by atoms with E-state index in [4.69, 9.17) is 11.6 Å². The molecule has 0 aromatic rings. The van der Waals surface area contributed by atoms with E-state index in [1.165, 1.54) is 0 Å². The zero-order chi connectivity index (χ0) is 8.48. The van der Waals surface area contributed by atoms with Gasteiger partial charge >= 0.3 is 6.18 Å². The maximum atomic E-state index is 11.9. The van der Waals surface area contributed by atoms with E-state index in [0.717, 1.165) is 0 Å². The highest BCUT2D eigenvalue weighted by molar-refractivity contribution is 6.65. The summed E-state index contributed by atoms with van der Waals surface area (Å²) in [4.78, 5) is 6.55. The van der Waals surface area contributed by atoms with E-state index in [1.807, 2.05) is 0 Å². The molecule has 0 atom stereocenters. The smallest absolute Gasteiger partial charge is 0.256 e. The van der Waals surface area contributed by atoms with Crippen LogP contribution in [0.2, 0.25) is 0 Å².